The minimum atomic E-state index is -0.484. The topological polar surface area (TPSA) is 55.4 Å². The first-order valence-electron chi connectivity index (χ1n) is 5.57. The minimum Gasteiger partial charge on any atom is -0.465 e. The molecule has 0 bridgehead atoms. The molecule has 1 unspecified atom stereocenters. The second kappa shape index (κ2) is 7.57. The Kier molecular flexibility index (Phi) is 5.96. The summed E-state index contributed by atoms with van der Waals surface area (Å²) in [5, 5.41) is 2.80. The maximum Gasteiger partial charge on any atom is 0.319 e. The lowest BCUT2D eigenvalue weighted by Gasteiger charge is -2.11. The molecule has 0 amide bonds. The summed E-state index contributed by atoms with van der Waals surface area (Å²) in [6.45, 7) is 2.11. The number of hydrogen-bond donors (Lipinski definition) is 1. The van der Waals surface area contributed by atoms with E-state index in [4.69, 9.17) is 4.74 Å². The molecule has 0 saturated carbocycles. The highest BCUT2D eigenvalue weighted by atomic mass is 16.5. The number of nitrogens with one attached hydrogen (secondary N) is 1. The quantitative estimate of drug-likeness (QED) is 0.711. The second-order valence-electron chi connectivity index (χ2n) is 3.55. The molecule has 0 fully saturated rings. The fourth-order valence-electron chi connectivity index (χ4n) is 1.42. The van der Waals surface area contributed by atoms with E-state index in [1.54, 1.807) is 6.92 Å². The van der Waals surface area contributed by atoms with Crippen molar-refractivity contribution in [3.8, 4) is 0 Å². The lowest BCUT2D eigenvalue weighted by atomic mass is 10.1. The predicted molar refractivity (Wildman–Crippen MR) is 64.3 cm³/mol. The van der Waals surface area contributed by atoms with E-state index in [2.05, 4.69) is 5.32 Å². The van der Waals surface area contributed by atoms with Crippen LogP contribution in [0.4, 0.5) is 0 Å². The molecule has 0 aliphatic heterocycles. The van der Waals surface area contributed by atoms with Crippen LogP contribution in [0, 0.1) is 0 Å². The molecule has 4 nitrogen and oxygen atoms in total. The average molecular weight is 234 g/mol. The molecule has 1 atom stereocenters. The van der Waals surface area contributed by atoms with Gasteiger partial charge in [0.1, 0.15) is 0 Å². The fraction of sp³-hybridized carbons (Fsp3) is 0.385. The summed E-state index contributed by atoms with van der Waals surface area (Å²) in [6, 6.07) is 9.09. The largest absolute Gasteiger partial charge is 0.465 e. The summed E-state index contributed by atoms with van der Waals surface area (Å²) in [4.78, 5) is 21.8. The van der Waals surface area contributed by atoms with Crippen LogP contribution in [0.2, 0.25) is 0 Å². The molecular formula is C13H16NO3. The van der Waals surface area contributed by atoms with E-state index in [0.29, 0.717) is 13.0 Å². The van der Waals surface area contributed by atoms with Crippen molar-refractivity contribution >= 4 is 12.3 Å². The van der Waals surface area contributed by atoms with Crippen LogP contribution in [-0.2, 0) is 20.7 Å². The van der Waals surface area contributed by atoms with Gasteiger partial charge in [-0.2, -0.15) is 0 Å². The Morgan fingerprint density at radius 2 is 2.12 bits per heavy atom. The van der Waals surface area contributed by atoms with Crippen molar-refractivity contribution in [3.63, 3.8) is 0 Å². The van der Waals surface area contributed by atoms with Gasteiger partial charge in [-0.05, 0) is 18.9 Å². The maximum absolute atomic E-state index is 11.1. The van der Waals surface area contributed by atoms with Gasteiger partial charge in [-0.15, -0.1) is 0 Å². The second-order valence-corrected chi connectivity index (χ2v) is 3.55. The molecule has 0 saturated heterocycles. The lowest BCUT2D eigenvalue weighted by molar-refractivity contribution is -0.142. The van der Waals surface area contributed by atoms with Crippen molar-refractivity contribution in [2.75, 3.05) is 13.2 Å². The van der Waals surface area contributed by atoms with Crippen LogP contribution in [0.3, 0.4) is 0 Å². The summed E-state index contributed by atoms with van der Waals surface area (Å²) in [6.07, 6.45) is 2.40. The van der Waals surface area contributed by atoms with E-state index in [9.17, 15) is 9.59 Å². The van der Waals surface area contributed by atoms with E-state index < -0.39 is 6.04 Å². The zero-order valence-corrected chi connectivity index (χ0v) is 9.81. The van der Waals surface area contributed by atoms with Gasteiger partial charge in [-0.1, -0.05) is 30.3 Å². The molecule has 0 heterocycles. The number of rotatable bonds is 7. The monoisotopic (exact) mass is 234 g/mol. The van der Waals surface area contributed by atoms with Crippen molar-refractivity contribution in [2.24, 2.45) is 0 Å². The van der Waals surface area contributed by atoms with Gasteiger partial charge in [-0.3, -0.25) is 14.9 Å². The van der Waals surface area contributed by atoms with E-state index in [0.717, 1.165) is 5.56 Å². The SMILES string of the molecule is CCOC(=O)CNC([C]=O)Cc1ccccc1. The molecule has 17 heavy (non-hydrogen) atoms. The maximum atomic E-state index is 11.1. The lowest BCUT2D eigenvalue weighted by Crippen LogP contribution is -2.37. The van der Waals surface area contributed by atoms with Gasteiger partial charge in [0, 0.05) is 0 Å². The third-order valence-corrected chi connectivity index (χ3v) is 2.22. The first-order valence-corrected chi connectivity index (χ1v) is 5.57. The van der Waals surface area contributed by atoms with Gasteiger partial charge in [0.2, 0.25) is 6.29 Å². The van der Waals surface area contributed by atoms with E-state index in [1.165, 1.54) is 0 Å². The third kappa shape index (κ3) is 5.26. The van der Waals surface area contributed by atoms with Gasteiger partial charge >= 0.3 is 5.97 Å². The number of ether oxygens (including phenoxy) is 1. The number of hydrogen-bond acceptors (Lipinski definition) is 4. The van der Waals surface area contributed by atoms with Crippen molar-refractivity contribution < 1.29 is 14.3 Å². The van der Waals surface area contributed by atoms with Crippen LogP contribution >= 0.6 is 0 Å². The third-order valence-electron chi connectivity index (χ3n) is 2.22. The molecule has 1 rings (SSSR count). The summed E-state index contributed by atoms with van der Waals surface area (Å²) >= 11 is 0. The molecule has 1 radical (unpaired) electrons. The van der Waals surface area contributed by atoms with Crippen LogP contribution < -0.4 is 5.32 Å². The smallest absolute Gasteiger partial charge is 0.319 e. The van der Waals surface area contributed by atoms with Crippen LogP contribution in [0.1, 0.15) is 12.5 Å². The van der Waals surface area contributed by atoms with Gasteiger partial charge < -0.3 is 4.74 Å². The number of carbonyl (C=O) groups excluding carboxylic acids is 2. The predicted octanol–water partition coefficient (Wildman–Crippen LogP) is 0.860. The Morgan fingerprint density at radius 1 is 1.41 bits per heavy atom. The highest BCUT2D eigenvalue weighted by molar-refractivity contribution is 5.72. The normalized spacial score (nSPS) is 11.8. The highest BCUT2D eigenvalue weighted by Gasteiger charge is 2.11. The van der Waals surface area contributed by atoms with Crippen LogP contribution in [0.15, 0.2) is 30.3 Å². The van der Waals surface area contributed by atoms with Crippen molar-refractivity contribution in [3.05, 3.63) is 35.9 Å². The Morgan fingerprint density at radius 3 is 2.71 bits per heavy atom. The standard InChI is InChI=1S/C13H16NO3/c1-2-17-13(16)9-14-12(10-15)8-11-6-4-3-5-7-11/h3-7,12,14H,2,8-9H2,1H3. The zero-order valence-electron chi connectivity index (χ0n) is 9.81. The van der Waals surface area contributed by atoms with Gasteiger partial charge in [0.15, 0.2) is 0 Å². The Bertz CT molecular complexity index is 351. The Labute approximate surface area is 101 Å². The molecule has 1 aromatic carbocycles. The first-order chi connectivity index (χ1) is 8.26. The molecule has 0 aliphatic rings. The van der Waals surface area contributed by atoms with Crippen molar-refractivity contribution in [1.29, 1.82) is 0 Å². The average Bonchev–Trinajstić information content (AvgIpc) is 2.36. The molecule has 1 aromatic rings. The Hall–Kier alpha value is -1.68. The van der Waals surface area contributed by atoms with Crippen LogP contribution in [0.25, 0.3) is 0 Å². The summed E-state index contributed by atoms with van der Waals surface area (Å²) in [5.41, 5.74) is 1.03. The van der Waals surface area contributed by atoms with Crippen molar-refractivity contribution in [1.82, 2.24) is 5.32 Å². The molecule has 4 heteroatoms. The summed E-state index contributed by atoms with van der Waals surface area (Å²) < 4.78 is 4.76. The van der Waals surface area contributed by atoms with E-state index in [1.807, 2.05) is 36.6 Å². The van der Waals surface area contributed by atoms with Crippen LogP contribution in [-0.4, -0.2) is 31.4 Å². The minimum absolute atomic E-state index is 0.0284. The Balaban J connectivity index is 2.39. The number of benzene rings is 1. The molecule has 0 aromatic heterocycles. The zero-order chi connectivity index (χ0) is 12.5. The highest BCUT2D eigenvalue weighted by Crippen LogP contribution is 2.01. The van der Waals surface area contributed by atoms with Crippen molar-refractivity contribution in [2.45, 2.75) is 19.4 Å². The van der Waals surface area contributed by atoms with Gasteiger partial charge in [0.25, 0.3) is 0 Å². The summed E-state index contributed by atoms with van der Waals surface area (Å²) in [5.74, 6) is -0.360. The molecular weight excluding hydrogens is 218 g/mol. The van der Waals surface area contributed by atoms with Crippen LogP contribution in [0.5, 0.6) is 0 Å². The molecule has 91 valence electrons. The molecule has 1 N–H and O–H groups in total. The first kappa shape index (κ1) is 13.4. The van der Waals surface area contributed by atoms with E-state index in [-0.39, 0.29) is 12.5 Å². The molecule has 0 spiro atoms. The fourth-order valence-corrected chi connectivity index (χ4v) is 1.42. The summed E-state index contributed by atoms with van der Waals surface area (Å²) in [7, 11) is 0. The number of esters is 1. The molecule has 0 aliphatic carbocycles. The van der Waals surface area contributed by atoms with Gasteiger partial charge in [-0.25, -0.2) is 0 Å². The van der Waals surface area contributed by atoms with E-state index >= 15 is 0 Å². The number of carbonyl (C=O) groups is 1. The van der Waals surface area contributed by atoms with Gasteiger partial charge in [0.05, 0.1) is 19.2 Å².